The topological polar surface area (TPSA) is 120 Å². The second-order valence-electron chi connectivity index (χ2n) is 6.33. The molecule has 0 aromatic heterocycles. The van der Waals surface area contributed by atoms with E-state index in [4.69, 9.17) is 10.1 Å². The SMILES string of the molecule is CCOC(=O)NC(=N)c1ccc(C2CC(O)CCN2C(=O)CCC=O)cc1. The predicted molar refractivity (Wildman–Crippen MR) is 98.4 cm³/mol. The van der Waals surface area contributed by atoms with E-state index in [0.29, 0.717) is 24.9 Å². The lowest BCUT2D eigenvalue weighted by Crippen LogP contribution is -2.42. The molecule has 2 amide bonds. The van der Waals surface area contributed by atoms with Gasteiger partial charge >= 0.3 is 6.09 Å². The minimum atomic E-state index is -0.686. The van der Waals surface area contributed by atoms with Gasteiger partial charge in [0.1, 0.15) is 12.1 Å². The molecule has 0 radical (unpaired) electrons. The van der Waals surface area contributed by atoms with Gasteiger partial charge in [0.15, 0.2) is 0 Å². The summed E-state index contributed by atoms with van der Waals surface area (Å²) in [5.74, 6) is -0.192. The van der Waals surface area contributed by atoms with Crippen LogP contribution in [0.25, 0.3) is 0 Å². The number of piperidine rings is 1. The Bertz CT molecular complexity index is 689. The molecule has 0 aliphatic carbocycles. The summed E-state index contributed by atoms with van der Waals surface area (Å²) in [4.78, 5) is 36.1. The van der Waals surface area contributed by atoms with Gasteiger partial charge in [-0.3, -0.25) is 15.5 Å². The zero-order chi connectivity index (χ0) is 19.8. The molecule has 1 heterocycles. The van der Waals surface area contributed by atoms with Gasteiger partial charge in [0.25, 0.3) is 0 Å². The molecule has 3 N–H and O–H groups in total. The summed E-state index contributed by atoms with van der Waals surface area (Å²) in [6.07, 6.45) is 0.813. The highest BCUT2D eigenvalue weighted by molar-refractivity contribution is 6.04. The van der Waals surface area contributed by atoms with E-state index in [2.05, 4.69) is 5.32 Å². The number of ether oxygens (including phenoxy) is 1. The number of aliphatic hydroxyl groups is 1. The van der Waals surface area contributed by atoms with E-state index in [9.17, 15) is 19.5 Å². The zero-order valence-corrected chi connectivity index (χ0v) is 15.3. The van der Waals surface area contributed by atoms with E-state index >= 15 is 0 Å². The molecule has 2 atom stereocenters. The van der Waals surface area contributed by atoms with E-state index in [-0.39, 0.29) is 37.2 Å². The Labute approximate surface area is 158 Å². The molecule has 0 bridgehead atoms. The highest BCUT2D eigenvalue weighted by Crippen LogP contribution is 2.32. The van der Waals surface area contributed by atoms with Crippen molar-refractivity contribution in [2.75, 3.05) is 13.2 Å². The van der Waals surface area contributed by atoms with Crippen molar-refractivity contribution in [3.63, 3.8) is 0 Å². The summed E-state index contributed by atoms with van der Waals surface area (Å²) in [7, 11) is 0. The largest absolute Gasteiger partial charge is 0.450 e. The third-order valence-electron chi connectivity index (χ3n) is 4.46. The fourth-order valence-corrected chi connectivity index (χ4v) is 3.10. The quantitative estimate of drug-likeness (QED) is 0.398. The maximum absolute atomic E-state index is 12.4. The van der Waals surface area contributed by atoms with Crippen LogP contribution < -0.4 is 5.32 Å². The standard InChI is InChI=1S/C19H25N3O5/c1-2-27-19(26)21-18(20)14-7-5-13(6-8-14)16-12-15(24)9-10-22(16)17(25)4-3-11-23/h5-8,11,15-16,24H,2-4,9-10,12H2,1H3,(H2,20,21,26). The Balaban J connectivity index is 2.12. The van der Waals surface area contributed by atoms with E-state index in [1.165, 1.54) is 0 Å². The smallest absolute Gasteiger partial charge is 0.412 e. The number of amides is 2. The number of alkyl carbamates (subject to hydrolysis) is 1. The highest BCUT2D eigenvalue weighted by atomic mass is 16.5. The molecule has 8 heteroatoms. The second-order valence-corrected chi connectivity index (χ2v) is 6.33. The van der Waals surface area contributed by atoms with Gasteiger partial charge in [-0.1, -0.05) is 24.3 Å². The van der Waals surface area contributed by atoms with Crippen LogP contribution in [0.5, 0.6) is 0 Å². The zero-order valence-electron chi connectivity index (χ0n) is 15.3. The van der Waals surface area contributed by atoms with Gasteiger partial charge < -0.3 is 19.5 Å². The molecule has 27 heavy (non-hydrogen) atoms. The average Bonchev–Trinajstić information content (AvgIpc) is 2.66. The molecule has 146 valence electrons. The third-order valence-corrected chi connectivity index (χ3v) is 4.46. The first-order valence-corrected chi connectivity index (χ1v) is 9.00. The maximum atomic E-state index is 12.4. The summed E-state index contributed by atoms with van der Waals surface area (Å²) in [5.41, 5.74) is 1.34. The van der Waals surface area contributed by atoms with Crippen LogP contribution in [0.15, 0.2) is 24.3 Å². The number of likely N-dealkylation sites (tertiary alicyclic amines) is 1. The Morgan fingerprint density at radius 3 is 2.70 bits per heavy atom. The number of nitrogens with one attached hydrogen (secondary N) is 2. The number of carbonyl (C=O) groups excluding carboxylic acids is 3. The Kier molecular flexibility index (Phi) is 7.48. The number of hydrogen-bond donors (Lipinski definition) is 3. The third kappa shape index (κ3) is 5.62. The molecule has 1 aromatic rings. The minimum absolute atomic E-state index is 0.0809. The van der Waals surface area contributed by atoms with Crippen LogP contribution in [0.2, 0.25) is 0 Å². The van der Waals surface area contributed by atoms with Crippen LogP contribution in [0.3, 0.4) is 0 Å². The molecular formula is C19H25N3O5. The number of benzene rings is 1. The molecule has 2 rings (SSSR count). The van der Waals surface area contributed by atoms with E-state index in [1.807, 2.05) is 0 Å². The average molecular weight is 375 g/mol. The molecule has 1 aromatic carbocycles. The molecule has 1 saturated heterocycles. The fraction of sp³-hybridized carbons (Fsp3) is 0.474. The van der Waals surface area contributed by atoms with Gasteiger partial charge in [0.05, 0.1) is 18.8 Å². The number of carbonyl (C=O) groups is 3. The molecule has 1 aliphatic rings. The van der Waals surface area contributed by atoms with Crippen LogP contribution in [-0.2, 0) is 14.3 Å². The van der Waals surface area contributed by atoms with Crippen LogP contribution in [0, 0.1) is 5.41 Å². The first-order chi connectivity index (χ1) is 13.0. The number of aliphatic hydroxyl groups excluding tert-OH is 1. The summed E-state index contributed by atoms with van der Waals surface area (Å²) in [5, 5.41) is 20.3. The number of rotatable bonds is 6. The van der Waals surface area contributed by atoms with Crippen LogP contribution in [0.1, 0.15) is 49.8 Å². The van der Waals surface area contributed by atoms with Gasteiger partial charge in [-0.2, -0.15) is 0 Å². The first-order valence-electron chi connectivity index (χ1n) is 9.00. The lowest BCUT2D eigenvalue weighted by Gasteiger charge is -2.38. The monoisotopic (exact) mass is 375 g/mol. The number of amidine groups is 1. The van der Waals surface area contributed by atoms with Crippen molar-refractivity contribution in [1.82, 2.24) is 10.2 Å². The summed E-state index contributed by atoms with van der Waals surface area (Å²) < 4.78 is 4.75. The van der Waals surface area contributed by atoms with Gasteiger partial charge in [0, 0.05) is 24.9 Å². The van der Waals surface area contributed by atoms with Crippen LogP contribution >= 0.6 is 0 Å². The van der Waals surface area contributed by atoms with Gasteiger partial charge in [-0.25, -0.2) is 4.79 Å². The molecule has 0 saturated carbocycles. The van der Waals surface area contributed by atoms with Crippen molar-refractivity contribution >= 4 is 24.1 Å². The molecule has 1 fully saturated rings. The molecule has 2 unspecified atom stereocenters. The lowest BCUT2D eigenvalue weighted by molar-refractivity contribution is -0.137. The highest BCUT2D eigenvalue weighted by Gasteiger charge is 2.31. The van der Waals surface area contributed by atoms with Crippen molar-refractivity contribution in [3.8, 4) is 0 Å². The van der Waals surface area contributed by atoms with E-state index in [0.717, 1.165) is 11.8 Å². The number of hydrogen-bond acceptors (Lipinski definition) is 6. The van der Waals surface area contributed by atoms with E-state index < -0.39 is 12.2 Å². The van der Waals surface area contributed by atoms with Crippen LogP contribution in [-0.4, -0.2) is 53.4 Å². The van der Waals surface area contributed by atoms with Crippen molar-refractivity contribution in [3.05, 3.63) is 35.4 Å². The van der Waals surface area contributed by atoms with Gasteiger partial charge in [-0.15, -0.1) is 0 Å². The molecule has 0 spiro atoms. The van der Waals surface area contributed by atoms with Crippen molar-refractivity contribution < 1.29 is 24.2 Å². The summed E-state index contributed by atoms with van der Waals surface area (Å²) in [6, 6.07) is 6.63. The van der Waals surface area contributed by atoms with Crippen molar-refractivity contribution in [2.24, 2.45) is 0 Å². The Hall–Kier alpha value is -2.74. The van der Waals surface area contributed by atoms with Crippen molar-refractivity contribution in [2.45, 2.75) is 44.8 Å². The van der Waals surface area contributed by atoms with Crippen molar-refractivity contribution in [1.29, 1.82) is 5.41 Å². The normalized spacial score (nSPS) is 19.3. The fourth-order valence-electron chi connectivity index (χ4n) is 3.10. The minimum Gasteiger partial charge on any atom is -0.450 e. The summed E-state index contributed by atoms with van der Waals surface area (Å²) >= 11 is 0. The molecule has 1 aliphatic heterocycles. The van der Waals surface area contributed by atoms with Gasteiger partial charge in [0.2, 0.25) is 5.91 Å². The van der Waals surface area contributed by atoms with Crippen LogP contribution in [0.4, 0.5) is 4.79 Å². The number of nitrogens with zero attached hydrogens (tertiary/aromatic N) is 1. The molecule has 8 nitrogen and oxygen atoms in total. The maximum Gasteiger partial charge on any atom is 0.412 e. The lowest BCUT2D eigenvalue weighted by atomic mass is 9.92. The second kappa shape index (κ2) is 9.82. The van der Waals surface area contributed by atoms with Gasteiger partial charge in [-0.05, 0) is 25.3 Å². The Morgan fingerprint density at radius 2 is 2.07 bits per heavy atom. The predicted octanol–water partition coefficient (Wildman–Crippen LogP) is 1.76. The van der Waals surface area contributed by atoms with E-state index in [1.54, 1.807) is 36.1 Å². The first kappa shape index (κ1) is 20.6. The molecular weight excluding hydrogens is 350 g/mol. The summed E-state index contributed by atoms with van der Waals surface area (Å²) in [6.45, 7) is 2.33. The number of aldehydes is 1. The Morgan fingerprint density at radius 1 is 1.37 bits per heavy atom.